The minimum atomic E-state index is -2.55. The van der Waals surface area contributed by atoms with Crippen LogP contribution >= 0.6 is 0 Å². The first kappa shape index (κ1) is 22.4. The van der Waals surface area contributed by atoms with Crippen LogP contribution < -0.4 is 10.1 Å². The maximum Gasteiger partial charge on any atom is 0.393 e. The molecule has 3 atom stereocenters. The van der Waals surface area contributed by atoms with E-state index in [1.54, 1.807) is 56.3 Å². The average molecular weight is 454 g/mol. The highest BCUT2D eigenvalue weighted by atomic mass is 16.6. The number of esters is 3. The molecule has 0 aromatic heterocycles. The van der Waals surface area contributed by atoms with E-state index in [2.05, 4.69) is 5.32 Å². The second-order valence-corrected chi connectivity index (χ2v) is 7.68. The van der Waals surface area contributed by atoms with Crippen molar-refractivity contribution in [3.63, 3.8) is 0 Å². The summed E-state index contributed by atoms with van der Waals surface area (Å²) in [6.45, 7) is 2.90. The smallest absolute Gasteiger partial charge is 0.393 e. The number of benzene rings is 2. The van der Waals surface area contributed by atoms with E-state index < -0.39 is 45.9 Å². The Kier molecular flexibility index (Phi) is 5.62. The van der Waals surface area contributed by atoms with Crippen molar-refractivity contribution in [2.75, 3.05) is 13.2 Å². The molecular formula is C23H22N2O8. The highest BCUT2D eigenvalue weighted by Crippen LogP contribution is 2.58. The first-order chi connectivity index (χ1) is 15.8. The lowest BCUT2D eigenvalue weighted by Gasteiger charge is -2.37. The van der Waals surface area contributed by atoms with Crippen LogP contribution in [0.5, 0.6) is 5.75 Å². The molecule has 0 amide bonds. The Bertz CT molecular complexity index is 1100. The molecule has 1 saturated heterocycles. The fraction of sp³-hybridized carbons (Fsp3) is 0.348. The number of para-hydroxylation sites is 1. The van der Waals surface area contributed by atoms with Crippen molar-refractivity contribution in [1.29, 1.82) is 0 Å². The molecule has 2 aliphatic heterocycles. The van der Waals surface area contributed by atoms with Gasteiger partial charge >= 0.3 is 23.4 Å². The number of nitrogens with one attached hydrogen (secondary N) is 1. The molecule has 0 unspecified atom stereocenters. The molecule has 2 aromatic carbocycles. The standard InChI is InChI=1S/C23H22N2O8/c1-3-31-19(26)22(20(27)32-4-2)17-15-12-8-9-13-16(15)33-21(28)23(17,25(29)30)18(24-22)14-10-6-5-7-11-14/h5-13,17-18,24H,3-4H2,1-2H3/t17-,18+,23+/m1/s1. The minimum Gasteiger partial charge on any atom is -0.464 e. The van der Waals surface area contributed by atoms with E-state index in [0.29, 0.717) is 5.56 Å². The first-order valence-corrected chi connectivity index (χ1v) is 10.5. The molecule has 0 saturated carbocycles. The second-order valence-electron chi connectivity index (χ2n) is 7.68. The van der Waals surface area contributed by atoms with Gasteiger partial charge in [-0.05, 0) is 25.5 Å². The third-order valence-corrected chi connectivity index (χ3v) is 6.07. The summed E-state index contributed by atoms with van der Waals surface area (Å²) in [5.74, 6) is -4.89. The molecule has 0 bridgehead atoms. The van der Waals surface area contributed by atoms with Gasteiger partial charge in [0.05, 0.1) is 13.2 Å². The van der Waals surface area contributed by atoms with Gasteiger partial charge in [-0.3, -0.25) is 15.4 Å². The lowest BCUT2D eigenvalue weighted by molar-refractivity contribution is -0.561. The van der Waals surface area contributed by atoms with Crippen LogP contribution in [0.3, 0.4) is 0 Å². The van der Waals surface area contributed by atoms with E-state index in [0.717, 1.165) is 0 Å². The van der Waals surface area contributed by atoms with Gasteiger partial charge < -0.3 is 14.2 Å². The molecule has 0 radical (unpaired) electrons. The van der Waals surface area contributed by atoms with Gasteiger partial charge in [0.25, 0.3) is 0 Å². The van der Waals surface area contributed by atoms with Crippen LogP contribution in [0.15, 0.2) is 54.6 Å². The first-order valence-electron chi connectivity index (χ1n) is 10.5. The zero-order valence-corrected chi connectivity index (χ0v) is 18.0. The van der Waals surface area contributed by atoms with E-state index in [-0.39, 0.29) is 24.5 Å². The van der Waals surface area contributed by atoms with Gasteiger partial charge in [0.15, 0.2) is 0 Å². The van der Waals surface area contributed by atoms with Crippen molar-refractivity contribution in [1.82, 2.24) is 5.32 Å². The van der Waals surface area contributed by atoms with Gasteiger partial charge in [0.1, 0.15) is 17.7 Å². The minimum absolute atomic E-state index is 0.0264. The monoisotopic (exact) mass is 454 g/mol. The van der Waals surface area contributed by atoms with Crippen LogP contribution in [0.1, 0.15) is 36.9 Å². The summed E-state index contributed by atoms with van der Waals surface area (Å²) < 4.78 is 15.9. The Hall–Kier alpha value is -3.79. The van der Waals surface area contributed by atoms with Crippen molar-refractivity contribution in [3.8, 4) is 5.75 Å². The number of hydrogen-bond donors (Lipinski definition) is 1. The Morgan fingerprint density at radius 3 is 2.18 bits per heavy atom. The van der Waals surface area contributed by atoms with Gasteiger partial charge in [-0.25, -0.2) is 14.4 Å². The van der Waals surface area contributed by atoms with Gasteiger partial charge in [0, 0.05) is 10.5 Å². The van der Waals surface area contributed by atoms with E-state index >= 15 is 0 Å². The van der Waals surface area contributed by atoms with Crippen molar-refractivity contribution in [2.24, 2.45) is 0 Å². The molecule has 1 N–H and O–H groups in total. The van der Waals surface area contributed by atoms with Crippen LogP contribution in [0.2, 0.25) is 0 Å². The number of carbonyl (C=O) groups is 3. The van der Waals surface area contributed by atoms with Crippen LogP contribution in [0.25, 0.3) is 0 Å². The van der Waals surface area contributed by atoms with Gasteiger partial charge in [-0.15, -0.1) is 0 Å². The molecule has 1 fully saturated rings. The maximum absolute atomic E-state index is 13.4. The zero-order chi connectivity index (χ0) is 23.8. The van der Waals surface area contributed by atoms with Crippen LogP contribution in [-0.4, -0.2) is 47.1 Å². The van der Waals surface area contributed by atoms with Crippen molar-refractivity contribution in [2.45, 2.75) is 36.9 Å². The quantitative estimate of drug-likeness (QED) is 0.228. The number of fused-ring (bicyclic) bond motifs is 3. The molecule has 0 spiro atoms. The van der Waals surface area contributed by atoms with Crippen molar-refractivity contribution >= 4 is 17.9 Å². The van der Waals surface area contributed by atoms with Crippen molar-refractivity contribution < 1.29 is 33.5 Å². The highest BCUT2D eigenvalue weighted by Gasteiger charge is 2.83. The normalized spacial score (nSPS) is 24.7. The molecule has 10 nitrogen and oxygen atoms in total. The molecule has 4 rings (SSSR count). The maximum atomic E-state index is 13.4. The number of rotatable bonds is 6. The second kappa shape index (κ2) is 8.28. The summed E-state index contributed by atoms with van der Waals surface area (Å²) in [7, 11) is 0. The van der Waals surface area contributed by atoms with E-state index in [4.69, 9.17) is 14.2 Å². The number of ether oxygens (including phenoxy) is 3. The molecule has 2 aromatic rings. The molecule has 10 heteroatoms. The molecule has 2 heterocycles. The van der Waals surface area contributed by atoms with E-state index in [1.807, 2.05) is 0 Å². The lowest BCUT2D eigenvalue weighted by Crippen LogP contribution is -2.63. The van der Waals surface area contributed by atoms with E-state index in [9.17, 15) is 24.5 Å². The van der Waals surface area contributed by atoms with Crippen LogP contribution in [0, 0.1) is 10.1 Å². The summed E-state index contributed by atoms with van der Waals surface area (Å²) in [5, 5.41) is 15.6. The highest BCUT2D eigenvalue weighted by molar-refractivity contribution is 6.09. The number of nitrogens with zero attached hydrogens (tertiary/aromatic N) is 1. The Morgan fingerprint density at radius 2 is 1.61 bits per heavy atom. The Balaban J connectivity index is 2.10. The summed E-state index contributed by atoms with van der Waals surface area (Å²) in [5.41, 5.74) is -4.43. The van der Waals surface area contributed by atoms with E-state index in [1.165, 1.54) is 12.1 Å². The average Bonchev–Trinajstić information content (AvgIpc) is 3.15. The fourth-order valence-electron chi connectivity index (χ4n) is 4.81. The fourth-order valence-corrected chi connectivity index (χ4v) is 4.81. The summed E-state index contributed by atoms with van der Waals surface area (Å²) >= 11 is 0. The number of carbonyl (C=O) groups excluding carboxylic acids is 3. The van der Waals surface area contributed by atoms with Crippen molar-refractivity contribution in [3.05, 3.63) is 75.8 Å². The summed E-state index contributed by atoms with van der Waals surface area (Å²) in [6, 6.07) is 12.8. The number of nitro groups is 1. The number of hydrogen-bond acceptors (Lipinski definition) is 9. The largest absolute Gasteiger partial charge is 0.464 e. The third kappa shape index (κ3) is 3.01. The summed E-state index contributed by atoms with van der Waals surface area (Å²) in [4.78, 5) is 52.3. The Morgan fingerprint density at radius 1 is 1.03 bits per heavy atom. The molecule has 0 aliphatic carbocycles. The zero-order valence-electron chi connectivity index (χ0n) is 18.0. The molecular weight excluding hydrogens is 432 g/mol. The third-order valence-electron chi connectivity index (χ3n) is 6.07. The molecule has 33 heavy (non-hydrogen) atoms. The SMILES string of the molecule is CCOC(=O)C1(C(=O)OCC)N[C@@H](c2ccccc2)[C@]2([N+](=O)[O-])C(=O)Oc3ccccc3[C@H]12. The Labute approximate surface area is 189 Å². The van der Waals surface area contributed by atoms with Crippen LogP contribution in [-0.2, 0) is 23.9 Å². The van der Waals surface area contributed by atoms with Gasteiger partial charge in [0.2, 0.25) is 5.54 Å². The summed E-state index contributed by atoms with van der Waals surface area (Å²) in [6.07, 6.45) is 0. The lowest BCUT2D eigenvalue weighted by atomic mass is 9.67. The van der Waals surface area contributed by atoms with Gasteiger partial charge in [-0.2, -0.15) is 0 Å². The molecule has 2 aliphatic rings. The van der Waals surface area contributed by atoms with Crippen LogP contribution in [0.4, 0.5) is 0 Å². The predicted molar refractivity (Wildman–Crippen MR) is 113 cm³/mol. The predicted octanol–water partition coefficient (Wildman–Crippen LogP) is 1.91. The van der Waals surface area contributed by atoms with Gasteiger partial charge in [-0.1, -0.05) is 48.5 Å². The topological polar surface area (TPSA) is 134 Å². The molecule has 172 valence electrons.